The highest BCUT2D eigenvalue weighted by molar-refractivity contribution is 6.08. The lowest BCUT2D eigenvalue weighted by molar-refractivity contribution is -0.141. The fourth-order valence-electron chi connectivity index (χ4n) is 7.18. The molecular formula is C34H33N3O6. The Kier molecular flexibility index (Phi) is 6.79. The highest BCUT2D eigenvalue weighted by atomic mass is 16.5. The van der Waals surface area contributed by atoms with E-state index in [-0.39, 0.29) is 37.4 Å². The molecule has 9 heteroatoms. The topological polar surface area (TPSA) is 99.6 Å². The zero-order chi connectivity index (χ0) is 29.7. The molecule has 3 aromatic carbocycles. The minimum Gasteiger partial charge on any atom is -0.494 e. The first-order valence-electron chi connectivity index (χ1n) is 14.7. The summed E-state index contributed by atoms with van der Waals surface area (Å²) in [5.74, 6) is -1.96. The zero-order valence-corrected chi connectivity index (χ0v) is 23.8. The molecule has 1 N–H and O–H groups in total. The van der Waals surface area contributed by atoms with Gasteiger partial charge in [-0.25, -0.2) is 0 Å². The van der Waals surface area contributed by atoms with E-state index >= 15 is 0 Å². The number of carbonyl (C=O) groups excluding carboxylic acids is 3. The van der Waals surface area contributed by atoms with Crippen LogP contribution in [0.5, 0.6) is 5.75 Å². The van der Waals surface area contributed by atoms with Crippen molar-refractivity contribution in [2.24, 2.45) is 11.8 Å². The van der Waals surface area contributed by atoms with Crippen LogP contribution in [-0.2, 0) is 19.1 Å². The molecule has 3 aromatic rings. The lowest BCUT2D eigenvalue weighted by Crippen LogP contribution is -2.55. The Morgan fingerprint density at radius 2 is 1.60 bits per heavy atom. The van der Waals surface area contributed by atoms with Crippen molar-refractivity contribution in [2.45, 2.75) is 24.7 Å². The van der Waals surface area contributed by atoms with E-state index in [1.54, 1.807) is 9.80 Å². The van der Waals surface area contributed by atoms with E-state index in [2.05, 4.69) is 0 Å². The molecule has 0 bridgehead atoms. The smallest absolute Gasteiger partial charge is 0.253 e. The Morgan fingerprint density at radius 3 is 2.37 bits per heavy atom. The molecule has 0 radical (unpaired) electrons. The van der Waals surface area contributed by atoms with E-state index in [1.165, 1.54) is 4.90 Å². The Morgan fingerprint density at radius 1 is 0.884 bits per heavy atom. The maximum atomic E-state index is 14.5. The molecule has 1 unspecified atom stereocenters. The van der Waals surface area contributed by atoms with E-state index in [4.69, 9.17) is 9.47 Å². The number of ether oxygens (including phenoxy) is 2. The van der Waals surface area contributed by atoms with Gasteiger partial charge in [-0.15, -0.1) is 0 Å². The third-order valence-corrected chi connectivity index (χ3v) is 9.00. The normalized spacial score (nSPS) is 28.1. The second kappa shape index (κ2) is 10.7. The first kappa shape index (κ1) is 27.4. The number of likely N-dealkylation sites (tertiary alicyclic amines) is 1. The average molecular weight is 580 g/mol. The summed E-state index contributed by atoms with van der Waals surface area (Å²) in [4.78, 5) is 47.7. The number of carbonyl (C=O) groups is 3. The number of benzene rings is 3. The maximum absolute atomic E-state index is 14.5. The molecule has 4 aliphatic heterocycles. The molecule has 2 fully saturated rings. The summed E-state index contributed by atoms with van der Waals surface area (Å²) in [6.07, 6.45) is 6.71. The second-order valence-electron chi connectivity index (χ2n) is 11.3. The molecule has 9 nitrogen and oxygen atoms in total. The van der Waals surface area contributed by atoms with Crippen molar-refractivity contribution in [1.29, 1.82) is 0 Å². The Balaban J connectivity index is 1.27. The summed E-state index contributed by atoms with van der Waals surface area (Å²) < 4.78 is 12.3. The van der Waals surface area contributed by atoms with Crippen LogP contribution in [0.15, 0.2) is 91.0 Å². The van der Waals surface area contributed by atoms with Crippen LogP contribution in [0, 0.1) is 11.8 Å². The summed E-state index contributed by atoms with van der Waals surface area (Å²) in [7, 11) is 0. The summed E-state index contributed by atoms with van der Waals surface area (Å²) >= 11 is 0. The van der Waals surface area contributed by atoms with Crippen molar-refractivity contribution >= 4 is 39.9 Å². The van der Waals surface area contributed by atoms with Crippen molar-refractivity contribution in [3.63, 3.8) is 0 Å². The van der Waals surface area contributed by atoms with Gasteiger partial charge in [-0.1, -0.05) is 54.6 Å². The van der Waals surface area contributed by atoms with Crippen molar-refractivity contribution in [3.8, 4) is 5.75 Å². The summed E-state index contributed by atoms with van der Waals surface area (Å²) in [6.45, 7) is 2.69. The maximum Gasteiger partial charge on any atom is 0.253 e. The van der Waals surface area contributed by atoms with E-state index in [0.29, 0.717) is 30.3 Å². The first-order chi connectivity index (χ1) is 21.0. The minimum absolute atomic E-state index is 0.0414. The minimum atomic E-state index is -1.36. The molecule has 220 valence electrons. The molecule has 43 heavy (non-hydrogen) atoms. The summed E-state index contributed by atoms with van der Waals surface area (Å²) in [6, 6.07) is 20.0. The van der Waals surface area contributed by atoms with Gasteiger partial charge in [0.2, 0.25) is 11.8 Å². The average Bonchev–Trinajstić information content (AvgIpc) is 3.32. The van der Waals surface area contributed by atoms with Gasteiger partial charge in [-0.2, -0.15) is 0 Å². The van der Waals surface area contributed by atoms with Crippen LogP contribution in [0.4, 0.5) is 11.4 Å². The van der Waals surface area contributed by atoms with Gasteiger partial charge in [0.1, 0.15) is 17.4 Å². The molecule has 3 amide bonds. The summed E-state index contributed by atoms with van der Waals surface area (Å²) in [5, 5.41) is 12.0. The Hall–Kier alpha value is -4.47. The van der Waals surface area contributed by atoms with Gasteiger partial charge in [0.15, 0.2) is 0 Å². The zero-order valence-electron chi connectivity index (χ0n) is 23.8. The van der Waals surface area contributed by atoms with Crippen LogP contribution in [-0.4, -0.2) is 78.3 Å². The quantitative estimate of drug-likeness (QED) is 0.450. The van der Waals surface area contributed by atoms with Gasteiger partial charge in [-0.3, -0.25) is 14.4 Å². The number of hydrogen-bond acceptors (Lipinski definition) is 6. The van der Waals surface area contributed by atoms with Gasteiger partial charge < -0.3 is 29.3 Å². The molecule has 0 aromatic heterocycles. The van der Waals surface area contributed by atoms with E-state index in [9.17, 15) is 19.5 Å². The Labute approximate surface area is 249 Å². The van der Waals surface area contributed by atoms with Gasteiger partial charge in [0.25, 0.3) is 5.91 Å². The number of amides is 3. The number of aliphatic hydroxyl groups excluding tert-OH is 1. The Bertz CT molecular complexity index is 1650. The third kappa shape index (κ3) is 4.25. The van der Waals surface area contributed by atoms with Crippen molar-refractivity contribution in [3.05, 3.63) is 91.0 Å². The highest BCUT2D eigenvalue weighted by Gasteiger charge is 2.71. The predicted molar refractivity (Wildman–Crippen MR) is 162 cm³/mol. The largest absolute Gasteiger partial charge is 0.494 e. The lowest BCUT2D eigenvalue weighted by atomic mass is 9.77. The lowest BCUT2D eigenvalue weighted by Gasteiger charge is -2.35. The highest BCUT2D eigenvalue weighted by Crippen LogP contribution is 2.53. The number of anilines is 2. The monoisotopic (exact) mass is 579 g/mol. The number of hydrogen-bond donors (Lipinski definition) is 1. The number of nitrogens with zero attached hydrogens (tertiary/aromatic N) is 3. The van der Waals surface area contributed by atoms with Gasteiger partial charge in [0, 0.05) is 31.0 Å². The van der Waals surface area contributed by atoms with Crippen LogP contribution in [0.1, 0.15) is 6.92 Å². The third-order valence-electron chi connectivity index (χ3n) is 9.00. The molecule has 4 heterocycles. The summed E-state index contributed by atoms with van der Waals surface area (Å²) in [5.41, 5.74) is 0.0329. The van der Waals surface area contributed by atoms with Crippen LogP contribution in [0.3, 0.4) is 0 Å². The molecule has 2 saturated heterocycles. The fourth-order valence-corrected chi connectivity index (χ4v) is 7.18. The van der Waals surface area contributed by atoms with Gasteiger partial charge in [-0.05, 0) is 54.1 Å². The molecular weight excluding hydrogens is 546 g/mol. The van der Waals surface area contributed by atoms with Crippen LogP contribution >= 0.6 is 0 Å². The molecule has 5 atom stereocenters. The van der Waals surface area contributed by atoms with E-state index < -0.39 is 29.6 Å². The SMILES string of the molecule is CCOc1ccc(N2CC=C[C@H]3O[C@]45C=CCN(c6ccc7ccccc7c6)C(=O)C4N(CCO)C(=O)[C@@H]5[C@H]3C2=O)cc1. The van der Waals surface area contributed by atoms with Gasteiger partial charge in [0.05, 0.1) is 31.2 Å². The van der Waals surface area contributed by atoms with Crippen LogP contribution in [0.25, 0.3) is 10.8 Å². The predicted octanol–water partition coefficient (Wildman–Crippen LogP) is 3.32. The second-order valence-corrected chi connectivity index (χ2v) is 11.3. The molecule has 0 aliphatic carbocycles. The molecule has 1 spiro atoms. The van der Waals surface area contributed by atoms with E-state index in [0.717, 1.165) is 10.8 Å². The molecule has 7 rings (SSSR count). The fraction of sp³-hybridized carbons (Fsp3) is 0.324. The van der Waals surface area contributed by atoms with Crippen molar-refractivity contribution in [1.82, 2.24) is 4.90 Å². The van der Waals surface area contributed by atoms with E-state index in [1.807, 2.05) is 98.0 Å². The van der Waals surface area contributed by atoms with Gasteiger partial charge >= 0.3 is 0 Å². The molecule has 4 aliphatic rings. The number of β-amino-alcohol motifs (C(OH)–C–C–N with tert-alkyl or cyclic N) is 1. The number of rotatable bonds is 6. The number of aliphatic hydroxyl groups is 1. The van der Waals surface area contributed by atoms with Crippen molar-refractivity contribution in [2.75, 3.05) is 42.6 Å². The molecule has 0 saturated carbocycles. The first-order valence-corrected chi connectivity index (χ1v) is 14.7. The van der Waals surface area contributed by atoms with Crippen LogP contribution < -0.4 is 14.5 Å². The number of fused-ring (bicyclic) bond motifs is 3. The standard InChI is InChI=1S/C34H33N3O6/c1-2-42-26-14-12-24(13-15-26)35-17-5-9-27-28(31(35)39)29-32(40)37(19-20-38)30-33(41)36(18-6-16-34(29,30)43-27)25-11-10-22-7-3-4-8-23(22)21-25/h3-16,21,27-30,38H,2,17-20H2,1H3/t27-,28+,29+,30?,34+/m1/s1. The van der Waals surface area contributed by atoms with Crippen molar-refractivity contribution < 1.29 is 29.0 Å². The van der Waals surface area contributed by atoms with Crippen LogP contribution in [0.2, 0.25) is 0 Å².